The van der Waals surface area contributed by atoms with Gasteiger partial charge in [0, 0.05) is 12.3 Å². The van der Waals surface area contributed by atoms with Gasteiger partial charge in [-0.1, -0.05) is 18.2 Å². The van der Waals surface area contributed by atoms with Crippen molar-refractivity contribution in [3.8, 4) is 0 Å². The van der Waals surface area contributed by atoms with E-state index in [2.05, 4.69) is 10.6 Å². The Kier molecular flexibility index (Phi) is 9.16. The summed E-state index contributed by atoms with van der Waals surface area (Å²) in [6.07, 6.45) is 0. The molecule has 0 aliphatic carbocycles. The van der Waals surface area contributed by atoms with Gasteiger partial charge in [-0.2, -0.15) is 0 Å². The van der Waals surface area contributed by atoms with Gasteiger partial charge in [-0.3, -0.25) is 9.59 Å². The first kappa shape index (κ1) is 24.0. The summed E-state index contributed by atoms with van der Waals surface area (Å²) >= 11 is 0.934. The van der Waals surface area contributed by atoms with Gasteiger partial charge < -0.3 is 24.8 Å². The van der Waals surface area contributed by atoms with Crippen molar-refractivity contribution in [2.24, 2.45) is 0 Å². The SMILES string of the molecule is CCOCC(=O)OCC(=O)Nc1sc(C(=O)Nc2ccccc2)c(C)c1C(=O)OCC. The highest BCUT2D eigenvalue weighted by molar-refractivity contribution is 7.18. The number of para-hydroxylation sites is 1. The number of esters is 2. The summed E-state index contributed by atoms with van der Waals surface area (Å²) in [5.74, 6) is -2.44. The molecule has 0 bridgehead atoms. The second-order valence-electron chi connectivity index (χ2n) is 6.15. The van der Waals surface area contributed by atoms with E-state index in [0.29, 0.717) is 17.9 Å². The molecule has 10 heteroatoms. The first-order valence-corrected chi connectivity index (χ1v) is 10.4. The Hall–Kier alpha value is -3.24. The van der Waals surface area contributed by atoms with Crippen LogP contribution in [0, 0.1) is 6.92 Å². The van der Waals surface area contributed by atoms with Crippen molar-refractivity contribution in [3.63, 3.8) is 0 Å². The number of amides is 2. The van der Waals surface area contributed by atoms with Gasteiger partial charge in [0.1, 0.15) is 11.6 Å². The number of benzene rings is 1. The Morgan fingerprint density at radius 2 is 1.65 bits per heavy atom. The maximum atomic E-state index is 12.7. The number of hydrogen-bond acceptors (Lipinski definition) is 8. The number of rotatable bonds is 10. The fourth-order valence-electron chi connectivity index (χ4n) is 2.51. The van der Waals surface area contributed by atoms with Gasteiger partial charge in [0.2, 0.25) is 0 Å². The molecule has 0 unspecified atom stereocenters. The molecule has 0 spiro atoms. The lowest BCUT2D eigenvalue weighted by atomic mass is 10.1. The minimum absolute atomic E-state index is 0.0825. The van der Waals surface area contributed by atoms with E-state index in [1.807, 2.05) is 6.07 Å². The largest absolute Gasteiger partial charge is 0.462 e. The van der Waals surface area contributed by atoms with Crippen LogP contribution in [0.5, 0.6) is 0 Å². The predicted octanol–water partition coefficient (Wildman–Crippen LogP) is 3.00. The molecule has 2 aromatic rings. The van der Waals surface area contributed by atoms with E-state index in [1.165, 1.54) is 0 Å². The molecule has 1 aromatic heterocycles. The van der Waals surface area contributed by atoms with Crippen molar-refractivity contribution < 1.29 is 33.4 Å². The number of carbonyl (C=O) groups is 4. The maximum Gasteiger partial charge on any atom is 0.341 e. The van der Waals surface area contributed by atoms with Crippen molar-refractivity contribution >= 4 is 45.8 Å². The molecule has 0 radical (unpaired) electrons. The second-order valence-corrected chi connectivity index (χ2v) is 7.17. The van der Waals surface area contributed by atoms with E-state index in [0.717, 1.165) is 11.3 Å². The van der Waals surface area contributed by atoms with Gasteiger partial charge in [0.15, 0.2) is 6.61 Å². The lowest BCUT2D eigenvalue weighted by Crippen LogP contribution is -2.23. The lowest BCUT2D eigenvalue weighted by Gasteiger charge is -2.08. The van der Waals surface area contributed by atoms with Crippen LogP contribution in [0.1, 0.15) is 39.4 Å². The smallest absolute Gasteiger partial charge is 0.341 e. The van der Waals surface area contributed by atoms with E-state index in [-0.39, 0.29) is 28.7 Å². The predicted molar refractivity (Wildman–Crippen MR) is 115 cm³/mol. The Labute approximate surface area is 183 Å². The summed E-state index contributed by atoms with van der Waals surface area (Å²) in [7, 11) is 0. The van der Waals surface area contributed by atoms with E-state index in [4.69, 9.17) is 14.2 Å². The summed E-state index contributed by atoms with van der Waals surface area (Å²) in [5, 5.41) is 5.41. The van der Waals surface area contributed by atoms with E-state index in [1.54, 1.807) is 45.0 Å². The van der Waals surface area contributed by atoms with E-state index >= 15 is 0 Å². The third-order valence-electron chi connectivity index (χ3n) is 3.91. The third-order valence-corrected chi connectivity index (χ3v) is 5.11. The van der Waals surface area contributed by atoms with Crippen LogP contribution >= 0.6 is 11.3 Å². The molecule has 2 rings (SSSR count). The molecular formula is C21H24N2O7S. The fraction of sp³-hybridized carbons (Fsp3) is 0.333. The van der Waals surface area contributed by atoms with E-state index in [9.17, 15) is 19.2 Å². The topological polar surface area (TPSA) is 120 Å². The number of hydrogen-bond donors (Lipinski definition) is 2. The molecule has 1 heterocycles. The van der Waals surface area contributed by atoms with Crippen LogP contribution in [0.2, 0.25) is 0 Å². The Balaban J connectivity index is 2.19. The number of anilines is 2. The van der Waals surface area contributed by atoms with Crippen LogP contribution in [0.4, 0.5) is 10.7 Å². The Morgan fingerprint density at radius 3 is 2.29 bits per heavy atom. The monoisotopic (exact) mass is 448 g/mol. The Bertz CT molecular complexity index is 941. The van der Waals surface area contributed by atoms with Crippen LogP contribution in [0.25, 0.3) is 0 Å². The van der Waals surface area contributed by atoms with Crippen molar-refractivity contribution in [3.05, 3.63) is 46.3 Å². The van der Waals surface area contributed by atoms with Crippen LogP contribution in [-0.4, -0.2) is 50.2 Å². The molecule has 9 nitrogen and oxygen atoms in total. The lowest BCUT2D eigenvalue weighted by molar-refractivity contribution is -0.151. The molecular weight excluding hydrogens is 424 g/mol. The summed E-state index contributed by atoms with van der Waals surface area (Å²) in [4.78, 5) is 49.1. The van der Waals surface area contributed by atoms with Crippen LogP contribution in [-0.2, 0) is 23.8 Å². The van der Waals surface area contributed by atoms with Gasteiger partial charge in [-0.25, -0.2) is 9.59 Å². The third kappa shape index (κ3) is 6.90. The van der Waals surface area contributed by atoms with Crippen molar-refractivity contribution in [1.29, 1.82) is 0 Å². The number of carbonyl (C=O) groups excluding carboxylic acids is 4. The zero-order valence-corrected chi connectivity index (χ0v) is 18.3. The number of nitrogens with one attached hydrogen (secondary N) is 2. The van der Waals surface area contributed by atoms with Crippen molar-refractivity contribution in [2.45, 2.75) is 20.8 Å². The molecule has 0 aliphatic rings. The molecule has 1 aromatic carbocycles. The van der Waals surface area contributed by atoms with Crippen LogP contribution < -0.4 is 10.6 Å². The first-order valence-electron chi connectivity index (χ1n) is 9.57. The molecule has 0 saturated heterocycles. The average Bonchev–Trinajstić information content (AvgIpc) is 3.07. The number of ether oxygens (including phenoxy) is 3. The van der Waals surface area contributed by atoms with Gasteiger partial charge >= 0.3 is 11.9 Å². The summed E-state index contributed by atoms with van der Waals surface area (Å²) in [5.41, 5.74) is 1.05. The molecule has 0 aliphatic heterocycles. The molecule has 0 saturated carbocycles. The zero-order chi connectivity index (χ0) is 22.8. The van der Waals surface area contributed by atoms with Gasteiger partial charge in [-0.05, 0) is 38.5 Å². The van der Waals surface area contributed by atoms with Crippen molar-refractivity contribution in [2.75, 3.05) is 37.1 Å². The molecule has 31 heavy (non-hydrogen) atoms. The minimum atomic E-state index is -0.687. The Morgan fingerprint density at radius 1 is 0.935 bits per heavy atom. The highest BCUT2D eigenvalue weighted by atomic mass is 32.1. The van der Waals surface area contributed by atoms with Crippen molar-refractivity contribution in [1.82, 2.24) is 0 Å². The highest BCUT2D eigenvalue weighted by Crippen LogP contribution is 2.34. The average molecular weight is 448 g/mol. The summed E-state index contributed by atoms with van der Waals surface area (Å²) < 4.78 is 14.8. The molecule has 166 valence electrons. The molecule has 2 amide bonds. The fourth-order valence-corrected chi connectivity index (χ4v) is 3.62. The van der Waals surface area contributed by atoms with Crippen LogP contribution in [0.3, 0.4) is 0 Å². The van der Waals surface area contributed by atoms with E-state index < -0.39 is 30.4 Å². The second kappa shape index (κ2) is 11.8. The highest BCUT2D eigenvalue weighted by Gasteiger charge is 2.27. The maximum absolute atomic E-state index is 12.7. The summed E-state index contributed by atoms with van der Waals surface area (Å²) in [6, 6.07) is 8.83. The minimum Gasteiger partial charge on any atom is -0.462 e. The quantitative estimate of drug-likeness (QED) is 0.536. The zero-order valence-electron chi connectivity index (χ0n) is 17.5. The van der Waals surface area contributed by atoms with Gasteiger partial charge in [0.25, 0.3) is 11.8 Å². The molecule has 0 fully saturated rings. The molecule has 0 atom stereocenters. The number of thiophene rings is 1. The normalized spacial score (nSPS) is 10.3. The van der Waals surface area contributed by atoms with Gasteiger partial charge in [0.05, 0.1) is 17.0 Å². The standard InChI is InChI=1S/C21H24N2O7S/c1-4-28-12-16(25)30-11-15(24)23-20-17(21(27)29-5-2)13(3)18(31-20)19(26)22-14-9-7-6-8-10-14/h6-10H,4-5,11-12H2,1-3H3,(H,22,26)(H,23,24). The first-order chi connectivity index (χ1) is 14.9. The molecule has 2 N–H and O–H groups in total. The van der Waals surface area contributed by atoms with Gasteiger partial charge in [-0.15, -0.1) is 11.3 Å². The van der Waals surface area contributed by atoms with Crippen LogP contribution in [0.15, 0.2) is 30.3 Å². The summed E-state index contributed by atoms with van der Waals surface area (Å²) in [6.45, 7) is 4.62.